The molecule has 0 saturated carbocycles. The Bertz CT molecular complexity index is 284. The maximum absolute atomic E-state index is 10.6. The Morgan fingerprint density at radius 2 is 0.917 bits per heavy atom. The summed E-state index contributed by atoms with van der Waals surface area (Å²) in [5.74, 6) is 0. The lowest BCUT2D eigenvalue weighted by atomic mass is 10.0. The molecule has 2 nitrogen and oxygen atoms in total. The number of aliphatic imine (C=N–C) groups is 1. The summed E-state index contributed by atoms with van der Waals surface area (Å²) in [6.07, 6.45) is 25.5. The molecule has 0 N–H and O–H groups in total. The third kappa shape index (κ3) is 17.7. The molecule has 0 aliphatic rings. The van der Waals surface area contributed by atoms with Crippen LogP contribution in [0.4, 0.5) is 0 Å². The van der Waals surface area contributed by atoms with Crippen LogP contribution in [-0.2, 0) is 4.79 Å². The van der Waals surface area contributed by atoms with E-state index in [1.807, 2.05) is 0 Å². The molecule has 0 radical (unpaired) electrons. The van der Waals surface area contributed by atoms with Crippen LogP contribution in [0.3, 0.4) is 0 Å². The van der Waals surface area contributed by atoms with Gasteiger partial charge in [-0.05, 0) is 12.8 Å². The number of nitrogens with zero attached hydrogens (tertiary/aromatic N) is 1. The summed E-state index contributed by atoms with van der Waals surface area (Å²) < 4.78 is 0. The fourth-order valence-corrected chi connectivity index (χ4v) is 3.38. The largest absolute Gasteiger partial charge is 0.235 e. The quantitative estimate of drug-likeness (QED) is 0.134. The SMILES string of the molecule is CCCCCCCCCCCCC(CCCCCCCC)N=C=O. The Labute approximate surface area is 151 Å². The van der Waals surface area contributed by atoms with Crippen molar-refractivity contribution in [3.05, 3.63) is 0 Å². The highest BCUT2D eigenvalue weighted by molar-refractivity contribution is 5.33. The predicted molar refractivity (Wildman–Crippen MR) is 106 cm³/mol. The summed E-state index contributed by atoms with van der Waals surface area (Å²) in [6, 6.07) is 0.239. The second kappa shape index (κ2) is 20.4. The van der Waals surface area contributed by atoms with Crippen LogP contribution >= 0.6 is 0 Å². The van der Waals surface area contributed by atoms with Crippen molar-refractivity contribution in [3.63, 3.8) is 0 Å². The van der Waals surface area contributed by atoms with E-state index in [-0.39, 0.29) is 6.04 Å². The lowest BCUT2D eigenvalue weighted by molar-refractivity contribution is 0.477. The summed E-state index contributed by atoms with van der Waals surface area (Å²) >= 11 is 0. The number of carbonyl (C=O) groups excluding carboxylic acids is 1. The van der Waals surface area contributed by atoms with E-state index in [1.54, 1.807) is 6.08 Å². The van der Waals surface area contributed by atoms with Gasteiger partial charge >= 0.3 is 0 Å². The molecule has 0 amide bonds. The fraction of sp³-hybridized carbons (Fsp3) is 0.955. The first-order valence-corrected chi connectivity index (χ1v) is 10.9. The summed E-state index contributed by atoms with van der Waals surface area (Å²) in [4.78, 5) is 14.6. The molecule has 0 aromatic carbocycles. The van der Waals surface area contributed by atoms with Gasteiger partial charge in [-0.15, -0.1) is 0 Å². The summed E-state index contributed by atoms with van der Waals surface area (Å²) in [5, 5.41) is 0. The fourth-order valence-electron chi connectivity index (χ4n) is 3.38. The molecule has 0 aromatic heterocycles. The summed E-state index contributed by atoms with van der Waals surface area (Å²) in [5.41, 5.74) is 0. The monoisotopic (exact) mass is 337 g/mol. The molecule has 24 heavy (non-hydrogen) atoms. The average molecular weight is 338 g/mol. The van der Waals surface area contributed by atoms with Gasteiger partial charge in [0.2, 0.25) is 6.08 Å². The third-order valence-corrected chi connectivity index (χ3v) is 5.02. The topological polar surface area (TPSA) is 29.4 Å². The number of hydrogen-bond acceptors (Lipinski definition) is 2. The average Bonchev–Trinajstić information content (AvgIpc) is 2.59. The smallest absolute Gasteiger partial charge is 0.211 e. The molecule has 0 bridgehead atoms. The van der Waals surface area contributed by atoms with E-state index >= 15 is 0 Å². The minimum atomic E-state index is 0.239. The number of rotatable bonds is 19. The Morgan fingerprint density at radius 1 is 0.583 bits per heavy atom. The van der Waals surface area contributed by atoms with Gasteiger partial charge in [0.1, 0.15) is 0 Å². The van der Waals surface area contributed by atoms with Crippen LogP contribution in [-0.4, -0.2) is 12.1 Å². The molecule has 0 spiro atoms. The molecule has 0 aliphatic carbocycles. The van der Waals surface area contributed by atoms with Crippen molar-refractivity contribution in [1.82, 2.24) is 0 Å². The van der Waals surface area contributed by atoms with Crippen molar-refractivity contribution in [2.24, 2.45) is 4.99 Å². The third-order valence-electron chi connectivity index (χ3n) is 5.02. The molecule has 0 rings (SSSR count). The highest BCUT2D eigenvalue weighted by Crippen LogP contribution is 2.16. The predicted octanol–water partition coefficient (Wildman–Crippen LogP) is 7.75. The van der Waals surface area contributed by atoms with E-state index in [0.29, 0.717) is 0 Å². The van der Waals surface area contributed by atoms with Crippen LogP contribution in [0.1, 0.15) is 129 Å². The van der Waals surface area contributed by atoms with E-state index < -0.39 is 0 Å². The van der Waals surface area contributed by atoms with Crippen molar-refractivity contribution in [2.75, 3.05) is 0 Å². The molecule has 0 heterocycles. The van der Waals surface area contributed by atoms with Gasteiger partial charge in [-0.1, -0.05) is 117 Å². The van der Waals surface area contributed by atoms with Crippen molar-refractivity contribution < 1.29 is 4.79 Å². The van der Waals surface area contributed by atoms with E-state index in [1.165, 1.54) is 103 Å². The molecule has 1 unspecified atom stereocenters. The van der Waals surface area contributed by atoms with Crippen molar-refractivity contribution in [3.8, 4) is 0 Å². The Hall–Kier alpha value is -0.620. The standard InChI is InChI=1S/C22H43NO/c1-3-5-7-9-11-12-13-14-16-18-20-22(23-21-24)19-17-15-10-8-6-4-2/h22H,3-20H2,1-2H3. The van der Waals surface area contributed by atoms with Gasteiger partial charge < -0.3 is 0 Å². The first-order chi connectivity index (χ1) is 11.8. The van der Waals surface area contributed by atoms with Gasteiger partial charge in [-0.2, -0.15) is 0 Å². The first-order valence-electron chi connectivity index (χ1n) is 10.9. The minimum Gasteiger partial charge on any atom is -0.211 e. The number of isocyanates is 1. The molecular formula is C22H43NO. The number of unbranched alkanes of at least 4 members (excludes halogenated alkanes) is 14. The molecular weight excluding hydrogens is 294 g/mol. The number of hydrogen-bond donors (Lipinski definition) is 0. The van der Waals surface area contributed by atoms with Crippen LogP contribution in [0.25, 0.3) is 0 Å². The minimum absolute atomic E-state index is 0.239. The van der Waals surface area contributed by atoms with Crippen molar-refractivity contribution in [2.45, 2.75) is 135 Å². The van der Waals surface area contributed by atoms with Crippen LogP contribution in [0.5, 0.6) is 0 Å². The van der Waals surface area contributed by atoms with E-state index in [4.69, 9.17) is 0 Å². The lowest BCUT2D eigenvalue weighted by Gasteiger charge is -2.10. The molecule has 0 aliphatic heterocycles. The van der Waals surface area contributed by atoms with E-state index in [0.717, 1.165) is 12.8 Å². The van der Waals surface area contributed by atoms with Gasteiger partial charge in [0.25, 0.3) is 0 Å². The maximum Gasteiger partial charge on any atom is 0.235 e. The zero-order valence-corrected chi connectivity index (χ0v) is 16.7. The van der Waals surface area contributed by atoms with Gasteiger partial charge in [0, 0.05) is 0 Å². The van der Waals surface area contributed by atoms with Crippen LogP contribution in [0.2, 0.25) is 0 Å². The van der Waals surface area contributed by atoms with Crippen molar-refractivity contribution >= 4 is 6.08 Å². The van der Waals surface area contributed by atoms with Gasteiger partial charge in [0.15, 0.2) is 0 Å². The molecule has 1 atom stereocenters. The van der Waals surface area contributed by atoms with Crippen LogP contribution in [0.15, 0.2) is 4.99 Å². The Kier molecular flexibility index (Phi) is 19.9. The first kappa shape index (κ1) is 23.4. The summed E-state index contributed by atoms with van der Waals surface area (Å²) in [7, 11) is 0. The van der Waals surface area contributed by atoms with E-state index in [9.17, 15) is 4.79 Å². The highest BCUT2D eigenvalue weighted by atomic mass is 16.1. The molecule has 142 valence electrons. The Morgan fingerprint density at radius 3 is 1.25 bits per heavy atom. The normalized spacial score (nSPS) is 12.1. The van der Waals surface area contributed by atoms with Crippen LogP contribution < -0.4 is 0 Å². The van der Waals surface area contributed by atoms with E-state index in [2.05, 4.69) is 18.8 Å². The summed E-state index contributed by atoms with van der Waals surface area (Å²) in [6.45, 7) is 4.52. The Balaban J connectivity index is 3.45. The highest BCUT2D eigenvalue weighted by Gasteiger charge is 2.06. The molecule has 0 aromatic rings. The maximum atomic E-state index is 10.6. The second-order valence-corrected chi connectivity index (χ2v) is 7.40. The van der Waals surface area contributed by atoms with Gasteiger partial charge in [0.05, 0.1) is 6.04 Å². The second-order valence-electron chi connectivity index (χ2n) is 7.40. The van der Waals surface area contributed by atoms with Crippen molar-refractivity contribution in [1.29, 1.82) is 0 Å². The lowest BCUT2D eigenvalue weighted by Crippen LogP contribution is -2.04. The molecule has 0 fully saturated rings. The zero-order valence-electron chi connectivity index (χ0n) is 16.7. The van der Waals surface area contributed by atoms with Crippen LogP contribution in [0, 0.1) is 0 Å². The van der Waals surface area contributed by atoms with Gasteiger partial charge in [-0.3, -0.25) is 0 Å². The molecule has 0 saturated heterocycles. The van der Waals surface area contributed by atoms with Gasteiger partial charge in [-0.25, -0.2) is 9.79 Å². The molecule has 2 heteroatoms. The zero-order chi connectivity index (χ0) is 17.7.